The van der Waals surface area contributed by atoms with Crippen LogP contribution in [-0.2, 0) is 16.0 Å². The molecule has 0 radical (unpaired) electrons. The van der Waals surface area contributed by atoms with E-state index in [1.165, 1.54) is 22.5 Å². The van der Waals surface area contributed by atoms with E-state index in [0.29, 0.717) is 17.2 Å². The summed E-state index contributed by atoms with van der Waals surface area (Å²) in [5.74, 6) is -0.526. The number of carbonyl (C=O) groups is 2. The van der Waals surface area contributed by atoms with Gasteiger partial charge in [0.1, 0.15) is 5.00 Å². The van der Waals surface area contributed by atoms with Gasteiger partial charge in [-0.05, 0) is 55.8 Å². The fourth-order valence-electron chi connectivity index (χ4n) is 3.46. The maximum absolute atomic E-state index is 12.5. The first-order valence-electron chi connectivity index (χ1n) is 8.92. The van der Waals surface area contributed by atoms with Gasteiger partial charge in [-0.15, -0.1) is 11.3 Å². The summed E-state index contributed by atoms with van der Waals surface area (Å²) in [6.45, 7) is 2.35. The molecule has 1 aliphatic carbocycles. The Morgan fingerprint density at radius 1 is 1.31 bits per heavy atom. The Balaban J connectivity index is 1.64. The van der Waals surface area contributed by atoms with Gasteiger partial charge >= 0.3 is 5.97 Å². The molecule has 138 valence electrons. The fraction of sp³-hybridized carbons (Fsp3) is 0.400. The molecular formula is C20H24N2O3S. The SMILES string of the molecule is CCOC(=O)c1ccsc1NC(=O)CN(C)[C@H]1CCCc2ccccc21. The molecule has 26 heavy (non-hydrogen) atoms. The molecule has 0 saturated carbocycles. The van der Waals surface area contributed by atoms with E-state index < -0.39 is 5.97 Å². The quantitative estimate of drug-likeness (QED) is 0.782. The summed E-state index contributed by atoms with van der Waals surface area (Å²) in [5.41, 5.74) is 3.10. The van der Waals surface area contributed by atoms with E-state index >= 15 is 0 Å². The summed E-state index contributed by atoms with van der Waals surface area (Å²) < 4.78 is 5.03. The molecule has 2 aromatic rings. The number of nitrogens with zero attached hydrogens (tertiary/aromatic N) is 1. The number of likely N-dealkylation sites (N-methyl/N-ethyl adjacent to an activating group) is 1. The molecule has 0 fully saturated rings. The number of anilines is 1. The molecular weight excluding hydrogens is 348 g/mol. The highest BCUT2D eigenvalue weighted by Crippen LogP contribution is 2.33. The zero-order valence-corrected chi connectivity index (χ0v) is 16.0. The number of benzene rings is 1. The molecule has 5 nitrogen and oxygen atoms in total. The molecule has 1 aliphatic rings. The predicted molar refractivity (Wildman–Crippen MR) is 104 cm³/mol. The maximum atomic E-state index is 12.5. The lowest BCUT2D eigenvalue weighted by Crippen LogP contribution is -2.35. The summed E-state index contributed by atoms with van der Waals surface area (Å²) in [4.78, 5) is 26.5. The third-order valence-corrected chi connectivity index (χ3v) is 5.51. The number of thiophene rings is 1. The van der Waals surface area contributed by atoms with E-state index in [9.17, 15) is 9.59 Å². The first-order valence-corrected chi connectivity index (χ1v) is 9.80. The second-order valence-corrected chi connectivity index (χ2v) is 7.37. The highest BCUT2D eigenvalue weighted by atomic mass is 32.1. The van der Waals surface area contributed by atoms with Gasteiger partial charge in [-0.25, -0.2) is 4.79 Å². The molecule has 0 aliphatic heterocycles. The first-order chi connectivity index (χ1) is 12.6. The minimum absolute atomic E-state index is 0.122. The summed E-state index contributed by atoms with van der Waals surface area (Å²) in [6.07, 6.45) is 3.28. The third kappa shape index (κ3) is 4.14. The van der Waals surface area contributed by atoms with Crippen LogP contribution >= 0.6 is 11.3 Å². The largest absolute Gasteiger partial charge is 0.462 e. The molecule has 6 heteroatoms. The van der Waals surface area contributed by atoms with Crippen LogP contribution in [0.1, 0.15) is 47.3 Å². The Kier molecular flexibility index (Phi) is 6.06. The molecule has 0 unspecified atom stereocenters. The van der Waals surface area contributed by atoms with Crippen LogP contribution in [0.3, 0.4) is 0 Å². The number of aryl methyl sites for hydroxylation is 1. The van der Waals surface area contributed by atoms with Crippen LogP contribution in [0.25, 0.3) is 0 Å². The van der Waals surface area contributed by atoms with Crippen molar-refractivity contribution < 1.29 is 14.3 Å². The van der Waals surface area contributed by atoms with Crippen LogP contribution < -0.4 is 5.32 Å². The number of rotatable bonds is 6. The van der Waals surface area contributed by atoms with Gasteiger partial charge in [-0.1, -0.05) is 24.3 Å². The van der Waals surface area contributed by atoms with Gasteiger partial charge in [0.15, 0.2) is 0 Å². The van der Waals surface area contributed by atoms with Crippen LogP contribution in [0, 0.1) is 0 Å². The molecule has 0 spiro atoms. The Bertz CT molecular complexity index is 787. The lowest BCUT2D eigenvalue weighted by atomic mass is 9.87. The highest BCUT2D eigenvalue weighted by molar-refractivity contribution is 7.14. The molecule has 0 bridgehead atoms. The number of amides is 1. The third-order valence-electron chi connectivity index (χ3n) is 4.68. The minimum atomic E-state index is -0.404. The van der Waals surface area contributed by atoms with Crippen molar-refractivity contribution in [3.8, 4) is 0 Å². The second kappa shape index (κ2) is 8.47. The lowest BCUT2D eigenvalue weighted by Gasteiger charge is -2.32. The van der Waals surface area contributed by atoms with Gasteiger partial charge in [0.2, 0.25) is 5.91 Å². The Morgan fingerprint density at radius 2 is 2.12 bits per heavy atom. The van der Waals surface area contributed by atoms with Crippen molar-refractivity contribution in [2.75, 3.05) is 25.5 Å². The lowest BCUT2D eigenvalue weighted by molar-refractivity contribution is -0.117. The van der Waals surface area contributed by atoms with E-state index in [1.807, 2.05) is 7.05 Å². The average molecular weight is 372 g/mol. The average Bonchev–Trinajstić information content (AvgIpc) is 3.09. The fourth-order valence-corrected chi connectivity index (χ4v) is 4.26. The smallest absolute Gasteiger partial charge is 0.341 e. The molecule has 1 aromatic heterocycles. The van der Waals surface area contributed by atoms with E-state index in [4.69, 9.17) is 4.74 Å². The van der Waals surface area contributed by atoms with Crippen molar-refractivity contribution in [1.29, 1.82) is 0 Å². The van der Waals surface area contributed by atoms with Crippen LogP contribution in [0.15, 0.2) is 35.7 Å². The predicted octanol–water partition coefficient (Wildman–Crippen LogP) is 3.87. The maximum Gasteiger partial charge on any atom is 0.341 e. The van der Waals surface area contributed by atoms with Crippen molar-refractivity contribution in [3.63, 3.8) is 0 Å². The Hall–Kier alpha value is -2.18. The molecule has 1 N–H and O–H groups in total. The van der Waals surface area contributed by atoms with Crippen LogP contribution in [0.2, 0.25) is 0 Å². The van der Waals surface area contributed by atoms with Crippen LogP contribution in [0.4, 0.5) is 5.00 Å². The van der Waals surface area contributed by atoms with Crippen molar-refractivity contribution >= 4 is 28.2 Å². The standard InChI is InChI=1S/C20H24N2O3S/c1-3-25-20(24)16-11-12-26-19(16)21-18(23)13-22(2)17-10-6-8-14-7-4-5-9-15(14)17/h4-5,7,9,11-12,17H,3,6,8,10,13H2,1-2H3,(H,21,23)/t17-/m0/s1. The van der Waals surface area contributed by atoms with Crippen molar-refractivity contribution in [1.82, 2.24) is 4.90 Å². The summed E-state index contributed by atoms with van der Waals surface area (Å²) >= 11 is 1.33. The van der Waals surface area contributed by atoms with Crippen molar-refractivity contribution in [2.24, 2.45) is 0 Å². The highest BCUT2D eigenvalue weighted by Gasteiger charge is 2.25. The molecule has 1 atom stereocenters. The summed E-state index contributed by atoms with van der Waals surface area (Å²) in [5, 5.41) is 5.19. The second-order valence-electron chi connectivity index (χ2n) is 6.45. The summed E-state index contributed by atoms with van der Waals surface area (Å²) in [7, 11) is 1.98. The number of hydrogen-bond donors (Lipinski definition) is 1. The topological polar surface area (TPSA) is 58.6 Å². The number of fused-ring (bicyclic) bond motifs is 1. The van der Waals surface area contributed by atoms with Crippen molar-refractivity contribution in [2.45, 2.75) is 32.2 Å². The Morgan fingerprint density at radius 3 is 2.92 bits per heavy atom. The van der Waals surface area contributed by atoms with E-state index in [0.717, 1.165) is 19.3 Å². The van der Waals surface area contributed by atoms with Gasteiger partial charge in [0, 0.05) is 6.04 Å². The number of carbonyl (C=O) groups excluding carboxylic acids is 2. The van der Waals surface area contributed by atoms with Crippen LogP contribution in [-0.4, -0.2) is 37.0 Å². The normalized spacial score (nSPS) is 16.2. The number of hydrogen-bond acceptors (Lipinski definition) is 5. The van der Waals surface area contributed by atoms with Crippen LogP contribution in [0.5, 0.6) is 0 Å². The zero-order chi connectivity index (χ0) is 18.5. The van der Waals surface area contributed by atoms with Gasteiger partial charge in [0.25, 0.3) is 0 Å². The molecule has 1 aromatic carbocycles. The molecule has 1 heterocycles. The number of esters is 1. The van der Waals surface area contributed by atoms with Gasteiger partial charge in [-0.3, -0.25) is 9.69 Å². The van der Waals surface area contributed by atoms with Gasteiger partial charge < -0.3 is 10.1 Å². The first kappa shape index (κ1) is 18.6. The van der Waals surface area contributed by atoms with E-state index in [-0.39, 0.29) is 18.5 Å². The molecule has 1 amide bonds. The van der Waals surface area contributed by atoms with Gasteiger partial charge in [0.05, 0.1) is 18.7 Å². The molecule has 0 saturated heterocycles. The minimum Gasteiger partial charge on any atom is -0.462 e. The summed E-state index contributed by atoms with van der Waals surface area (Å²) in [6, 6.07) is 10.4. The van der Waals surface area contributed by atoms with E-state index in [2.05, 4.69) is 34.5 Å². The number of nitrogens with one attached hydrogen (secondary N) is 1. The monoisotopic (exact) mass is 372 g/mol. The Labute approximate surface area is 158 Å². The van der Waals surface area contributed by atoms with Crippen molar-refractivity contribution in [3.05, 3.63) is 52.4 Å². The van der Waals surface area contributed by atoms with Gasteiger partial charge in [-0.2, -0.15) is 0 Å². The van der Waals surface area contributed by atoms with E-state index in [1.54, 1.807) is 18.4 Å². The molecule has 3 rings (SSSR count). The number of ether oxygens (including phenoxy) is 1. The zero-order valence-electron chi connectivity index (χ0n) is 15.2.